The number of hydrogen-bond donors (Lipinski definition) is 1. The van der Waals surface area contributed by atoms with Gasteiger partial charge in [-0.2, -0.15) is 27.1 Å². The maximum Gasteiger partial charge on any atom is 0.435 e. The molecule has 1 fully saturated rings. The molecule has 1 saturated carbocycles. The highest BCUT2D eigenvalue weighted by Crippen LogP contribution is 2.48. The number of halogens is 5. The third kappa shape index (κ3) is 3.60. The Morgan fingerprint density at radius 1 is 1.33 bits per heavy atom. The molecule has 0 amide bonds. The van der Waals surface area contributed by atoms with Gasteiger partial charge in [0, 0.05) is 12.3 Å². The van der Waals surface area contributed by atoms with Gasteiger partial charge in [-0.05, 0) is 26.7 Å². The number of ether oxygens (including phenoxy) is 1. The SMILES string of the molecule is CC(c1c(C(F)(F)F)n[nH]c1OC(F)F)S(=O)(=O)C1=NOC(C)(C2CC2)C1. The van der Waals surface area contributed by atoms with Gasteiger partial charge in [0.05, 0.1) is 10.8 Å². The van der Waals surface area contributed by atoms with Crippen LogP contribution in [0.15, 0.2) is 5.16 Å². The summed E-state index contributed by atoms with van der Waals surface area (Å²) < 4.78 is 94.2. The number of oxime groups is 1. The Balaban J connectivity index is 1.97. The number of hydrogen-bond acceptors (Lipinski definition) is 6. The molecule has 1 aromatic heterocycles. The second-order valence-electron chi connectivity index (χ2n) is 6.72. The van der Waals surface area contributed by atoms with E-state index >= 15 is 0 Å². The molecule has 2 unspecified atom stereocenters. The van der Waals surface area contributed by atoms with Gasteiger partial charge in [-0.25, -0.2) is 13.5 Å². The lowest BCUT2D eigenvalue weighted by molar-refractivity contribution is -0.141. The van der Waals surface area contributed by atoms with E-state index in [1.165, 1.54) is 0 Å². The maximum atomic E-state index is 13.2. The topological polar surface area (TPSA) is 93.6 Å². The molecule has 1 N–H and O–H groups in total. The molecule has 1 aliphatic carbocycles. The van der Waals surface area contributed by atoms with Crippen LogP contribution in [0.5, 0.6) is 5.88 Å². The van der Waals surface area contributed by atoms with Gasteiger partial charge in [0.15, 0.2) is 10.7 Å². The first-order valence-corrected chi connectivity index (χ1v) is 9.50. The fraction of sp³-hybridized carbons (Fsp3) is 0.714. The highest BCUT2D eigenvalue weighted by molar-refractivity contribution is 8.06. The van der Waals surface area contributed by atoms with Crippen molar-refractivity contribution in [2.24, 2.45) is 11.1 Å². The number of aromatic amines is 1. The highest BCUT2D eigenvalue weighted by Gasteiger charge is 2.52. The van der Waals surface area contributed by atoms with Gasteiger partial charge in [0.1, 0.15) is 5.60 Å². The number of nitrogens with one attached hydrogen (secondary N) is 1. The van der Waals surface area contributed by atoms with Crippen LogP contribution in [0, 0.1) is 5.92 Å². The molecule has 0 aromatic carbocycles. The van der Waals surface area contributed by atoms with Crippen molar-refractivity contribution in [1.29, 1.82) is 0 Å². The van der Waals surface area contributed by atoms with Crippen LogP contribution >= 0.6 is 0 Å². The highest BCUT2D eigenvalue weighted by atomic mass is 32.2. The van der Waals surface area contributed by atoms with Gasteiger partial charge in [0.2, 0.25) is 15.7 Å². The van der Waals surface area contributed by atoms with Crippen molar-refractivity contribution in [3.63, 3.8) is 0 Å². The first-order valence-electron chi connectivity index (χ1n) is 7.95. The van der Waals surface area contributed by atoms with Crippen molar-refractivity contribution < 1.29 is 39.9 Å². The minimum atomic E-state index is -5.07. The monoisotopic (exact) mass is 417 g/mol. The van der Waals surface area contributed by atoms with E-state index in [2.05, 4.69) is 15.0 Å². The van der Waals surface area contributed by atoms with E-state index in [4.69, 9.17) is 4.84 Å². The van der Waals surface area contributed by atoms with Gasteiger partial charge in [-0.1, -0.05) is 5.16 Å². The third-order valence-corrected chi connectivity index (χ3v) is 6.79. The van der Waals surface area contributed by atoms with Crippen LogP contribution in [-0.2, 0) is 20.9 Å². The molecule has 1 aromatic rings. The average Bonchev–Trinajstić information content (AvgIpc) is 3.20. The summed E-state index contributed by atoms with van der Waals surface area (Å²) >= 11 is 0. The van der Waals surface area contributed by atoms with Crippen LogP contribution in [0.3, 0.4) is 0 Å². The first-order chi connectivity index (χ1) is 12.4. The molecule has 0 radical (unpaired) electrons. The lowest BCUT2D eigenvalue weighted by Gasteiger charge is -2.20. The summed E-state index contributed by atoms with van der Waals surface area (Å²) in [7, 11) is -4.44. The van der Waals surface area contributed by atoms with Gasteiger partial charge in [-0.15, -0.1) is 0 Å². The van der Waals surface area contributed by atoms with E-state index in [-0.39, 0.29) is 12.3 Å². The van der Waals surface area contributed by atoms with Crippen LogP contribution in [0.25, 0.3) is 0 Å². The maximum absolute atomic E-state index is 13.2. The standard InChI is InChI=1S/C14H16F5N3O4S/c1-6(9-10(14(17,18)19)20-21-11(9)25-12(15)16)27(23,24)8-5-13(2,26-22-8)7-3-4-7/h6-7,12H,3-5H2,1-2H3,(H,20,21). The van der Waals surface area contributed by atoms with E-state index in [0.29, 0.717) is 0 Å². The molecule has 0 spiro atoms. The number of aromatic nitrogens is 2. The second-order valence-corrected chi connectivity index (χ2v) is 8.99. The van der Waals surface area contributed by atoms with E-state index in [1.807, 2.05) is 0 Å². The van der Waals surface area contributed by atoms with E-state index in [0.717, 1.165) is 19.8 Å². The van der Waals surface area contributed by atoms with E-state index < -0.39 is 55.7 Å². The van der Waals surface area contributed by atoms with Gasteiger partial charge < -0.3 is 9.57 Å². The van der Waals surface area contributed by atoms with Crippen molar-refractivity contribution >= 4 is 14.9 Å². The molecule has 0 saturated heterocycles. The quantitative estimate of drug-likeness (QED) is 0.741. The molecule has 13 heteroatoms. The molecule has 152 valence electrons. The lowest BCUT2D eigenvalue weighted by atomic mass is 9.98. The summed E-state index contributed by atoms with van der Waals surface area (Å²) in [5.41, 5.74) is -3.50. The minimum absolute atomic E-state index is 0.103. The summed E-state index contributed by atoms with van der Waals surface area (Å²) in [6, 6.07) is 0. The first kappa shape index (κ1) is 19.8. The van der Waals surface area contributed by atoms with Crippen molar-refractivity contribution in [1.82, 2.24) is 10.2 Å². The van der Waals surface area contributed by atoms with Gasteiger partial charge in [0.25, 0.3) is 0 Å². The number of rotatable bonds is 5. The molecule has 0 bridgehead atoms. The molecule has 1 aliphatic heterocycles. The molecule has 7 nitrogen and oxygen atoms in total. The number of sulfone groups is 1. The van der Waals surface area contributed by atoms with Crippen molar-refractivity contribution in [2.45, 2.75) is 56.7 Å². The van der Waals surface area contributed by atoms with E-state index in [1.54, 1.807) is 12.0 Å². The zero-order valence-electron chi connectivity index (χ0n) is 14.2. The average molecular weight is 417 g/mol. The van der Waals surface area contributed by atoms with Crippen LogP contribution in [0.2, 0.25) is 0 Å². The predicted octanol–water partition coefficient (Wildman–Crippen LogP) is 3.41. The molecule has 2 heterocycles. The lowest BCUT2D eigenvalue weighted by Crippen LogP contribution is -2.30. The summed E-state index contributed by atoms with van der Waals surface area (Å²) in [5.74, 6) is -0.945. The van der Waals surface area contributed by atoms with Crippen LogP contribution in [0.4, 0.5) is 22.0 Å². The number of alkyl halides is 5. The van der Waals surface area contributed by atoms with Gasteiger partial charge in [-0.3, -0.25) is 0 Å². The fourth-order valence-corrected chi connectivity index (χ4v) is 4.62. The van der Waals surface area contributed by atoms with Crippen molar-refractivity contribution in [2.75, 3.05) is 0 Å². The number of nitrogens with zero attached hydrogens (tertiary/aromatic N) is 2. The summed E-state index contributed by atoms with van der Waals surface area (Å²) in [6.07, 6.45) is -3.51. The smallest absolute Gasteiger partial charge is 0.417 e. The third-order valence-electron chi connectivity index (χ3n) is 4.74. The zero-order chi connectivity index (χ0) is 20.2. The molecular weight excluding hydrogens is 401 g/mol. The summed E-state index contributed by atoms with van der Waals surface area (Å²) in [5, 5.41) is 5.87. The van der Waals surface area contributed by atoms with Crippen LogP contribution in [-0.4, -0.2) is 35.9 Å². The predicted molar refractivity (Wildman–Crippen MR) is 81.8 cm³/mol. The fourth-order valence-electron chi connectivity index (χ4n) is 3.05. The van der Waals surface area contributed by atoms with Gasteiger partial charge >= 0.3 is 12.8 Å². The van der Waals surface area contributed by atoms with Crippen molar-refractivity contribution in [3.8, 4) is 5.88 Å². The molecule has 2 aliphatic rings. The second kappa shape index (κ2) is 6.31. The normalized spacial score (nSPS) is 24.7. The molecular formula is C14H16F5N3O4S. The summed E-state index contributed by atoms with van der Waals surface area (Å²) in [6.45, 7) is -0.861. The number of H-pyrrole nitrogens is 1. The van der Waals surface area contributed by atoms with Crippen LogP contribution in [0.1, 0.15) is 49.6 Å². The molecule has 3 rings (SSSR count). The molecule has 27 heavy (non-hydrogen) atoms. The van der Waals surface area contributed by atoms with E-state index in [9.17, 15) is 30.4 Å². The Labute approximate surface area is 150 Å². The minimum Gasteiger partial charge on any atom is -0.417 e. The Bertz CT molecular complexity index is 863. The Kier molecular flexibility index (Phi) is 4.64. The largest absolute Gasteiger partial charge is 0.435 e. The summed E-state index contributed by atoms with van der Waals surface area (Å²) in [4.78, 5) is 5.24. The zero-order valence-corrected chi connectivity index (χ0v) is 15.0. The Morgan fingerprint density at radius 3 is 2.48 bits per heavy atom. The Morgan fingerprint density at radius 2 is 1.96 bits per heavy atom. The Hall–Kier alpha value is -1.92. The molecule has 2 atom stereocenters. The van der Waals surface area contributed by atoms with Crippen molar-refractivity contribution in [3.05, 3.63) is 11.3 Å². The van der Waals surface area contributed by atoms with Crippen LogP contribution < -0.4 is 4.74 Å².